The minimum absolute atomic E-state index is 0.0556. The maximum Gasteiger partial charge on any atom is 0.221 e. The number of nitrogens with two attached hydrogens (primary N) is 1. The van der Waals surface area contributed by atoms with E-state index in [1.807, 2.05) is 0 Å². The van der Waals surface area contributed by atoms with E-state index >= 15 is 0 Å². The van der Waals surface area contributed by atoms with Gasteiger partial charge in [0.25, 0.3) is 0 Å². The van der Waals surface area contributed by atoms with Gasteiger partial charge in [0.15, 0.2) is 0 Å². The Labute approximate surface area is 73.7 Å². The molecule has 0 aliphatic carbocycles. The van der Waals surface area contributed by atoms with Gasteiger partial charge in [-0.3, -0.25) is 4.79 Å². The van der Waals surface area contributed by atoms with Crippen molar-refractivity contribution in [1.82, 2.24) is 5.32 Å². The highest BCUT2D eigenvalue weighted by Crippen LogP contribution is 2.18. The zero-order valence-corrected chi connectivity index (χ0v) is 7.84. The van der Waals surface area contributed by atoms with Gasteiger partial charge in [-0.2, -0.15) is 0 Å². The first-order valence-corrected chi connectivity index (χ1v) is 4.64. The lowest BCUT2D eigenvalue weighted by atomic mass is 9.89. The van der Waals surface area contributed by atoms with E-state index in [2.05, 4.69) is 19.2 Å². The van der Waals surface area contributed by atoms with Crippen molar-refractivity contribution < 1.29 is 4.79 Å². The lowest BCUT2D eigenvalue weighted by Crippen LogP contribution is -2.45. The van der Waals surface area contributed by atoms with Gasteiger partial charge in [0.1, 0.15) is 0 Å². The Morgan fingerprint density at radius 2 is 2.17 bits per heavy atom. The smallest absolute Gasteiger partial charge is 0.221 e. The van der Waals surface area contributed by atoms with E-state index < -0.39 is 0 Å². The van der Waals surface area contributed by atoms with E-state index in [1.54, 1.807) is 0 Å². The maximum absolute atomic E-state index is 10.8. The third kappa shape index (κ3) is 2.21. The van der Waals surface area contributed by atoms with Crippen molar-refractivity contribution in [1.29, 1.82) is 0 Å². The molecule has 0 saturated carbocycles. The van der Waals surface area contributed by atoms with Gasteiger partial charge < -0.3 is 11.1 Å². The molecule has 1 aliphatic heterocycles. The summed E-state index contributed by atoms with van der Waals surface area (Å²) < 4.78 is 0. The zero-order chi connectivity index (χ0) is 9.14. The second-order valence-electron chi connectivity index (χ2n) is 3.94. The van der Waals surface area contributed by atoms with Crippen LogP contribution in [0.5, 0.6) is 0 Å². The van der Waals surface area contributed by atoms with Gasteiger partial charge in [-0.05, 0) is 18.8 Å². The minimum atomic E-state index is -0.162. The summed E-state index contributed by atoms with van der Waals surface area (Å²) in [6.45, 7) is 5.16. The summed E-state index contributed by atoms with van der Waals surface area (Å²) in [7, 11) is 0. The fourth-order valence-electron chi connectivity index (χ4n) is 1.69. The van der Waals surface area contributed by atoms with Gasteiger partial charge in [-0.1, -0.05) is 13.8 Å². The Morgan fingerprint density at radius 1 is 1.50 bits per heavy atom. The first-order valence-electron chi connectivity index (χ1n) is 4.64. The molecule has 2 atom stereocenters. The molecule has 1 heterocycles. The van der Waals surface area contributed by atoms with Crippen LogP contribution in [0.25, 0.3) is 0 Å². The number of carbonyl (C=O) groups is 1. The van der Waals surface area contributed by atoms with Crippen LogP contribution in [0.3, 0.4) is 0 Å². The zero-order valence-electron chi connectivity index (χ0n) is 7.84. The number of nitrogens with one attached hydrogen (secondary N) is 1. The molecule has 0 aromatic rings. The highest BCUT2D eigenvalue weighted by molar-refractivity contribution is 5.76. The average molecular weight is 170 g/mol. The molecule has 0 aromatic heterocycles. The fourth-order valence-corrected chi connectivity index (χ4v) is 1.69. The minimum Gasteiger partial charge on any atom is -0.369 e. The summed E-state index contributed by atoms with van der Waals surface area (Å²) in [4.78, 5) is 10.8. The number of rotatable bonds is 2. The molecule has 3 nitrogen and oxygen atoms in total. The molecule has 0 bridgehead atoms. The number of primary amides is 1. The van der Waals surface area contributed by atoms with E-state index in [-0.39, 0.29) is 11.8 Å². The average Bonchev–Trinajstić information content (AvgIpc) is 2.04. The number of hydrogen-bond acceptors (Lipinski definition) is 2. The predicted octanol–water partition coefficient (Wildman–Crippen LogP) is 0.496. The van der Waals surface area contributed by atoms with Crippen LogP contribution in [-0.4, -0.2) is 18.5 Å². The molecule has 3 heteroatoms. The quantitative estimate of drug-likeness (QED) is 0.634. The third-order valence-corrected chi connectivity index (χ3v) is 2.66. The molecule has 1 rings (SSSR count). The Kier molecular flexibility index (Phi) is 3.09. The summed E-state index contributed by atoms with van der Waals surface area (Å²) in [5.41, 5.74) is 5.21. The molecule has 1 aliphatic rings. The topological polar surface area (TPSA) is 55.1 Å². The Balaban J connectivity index is 2.34. The fraction of sp³-hybridized carbons (Fsp3) is 0.889. The molecule has 2 unspecified atom stereocenters. The van der Waals surface area contributed by atoms with Gasteiger partial charge >= 0.3 is 0 Å². The monoisotopic (exact) mass is 170 g/mol. The van der Waals surface area contributed by atoms with Crippen molar-refractivity contribution in [2.45, 2.75) is 32.7 Å². The predicted molar refractivity (Wildman–Crippen MR) is 48.5 cm³/mol. The summed E-state index contributed by atoms with van der Waals surface area (Å²) in [5, 5.41) is 3.35. The Bertz CT molecular complexity index is 160. The van der Waals surface area contributed by atoms with Gasteiger partial charge in [-0.25, -0.2) is 0 Å². The largest absolute Gasteiger partial charge is 0.369 e. The lowest BCUT2D eigenvalue weighted by molar-refractivity contribution is -0.122. The van der Waals surface area contributed by atoms with Crippen LogP contribution in [0.1, 0.15) is 26.7 Å². The summed E-state index contributed by atoms with van der Waals surface area (Å²) in [6.07, 6.45) is 2.02. The molecule has 3 N–H and O–H groups in total. The van der Waals surface area contributed by atoms with E-state index in [4.69, 9.17) is 5.73 Å². The van der Waals surface area contributed by atoms with E-state index in [9.17, 15) is 4.79 Å². The third-order valence-electron chi connectivity index (χ3n) is 2.66. The van der Waals surface area contributed by atoms with Crippen LogP contribution < -0.4 is 11.1 Å². The van der Waals surface area contributed by atoms with Crippen LogP contribution in [0, 0.1) is 11.8 Å². The maximum atomic E-state index is 10.8. The van der Waals surface area contributed by atoms with Crippen LogP contribution >= 0.6 is 0 Å². The van der Waals surface area contributed by atoms with E-state index in [0.29, 0.717) is 12.0 Å². The number of piperidine rings is 1. The molecule has 1 amide bonds. The molecular weight excluding hydrogens is 152 g/mol. The number of hydrogen-bond donors (Lipinski definition) is 2. The second-order valence-corrected chi connectivity index (χ2v) is 3.94. The van der Waals surface area contributed by atoms with Crippen molar-refractivity contribution >= 4 is 5.91 Å². The van der Waals surface area contributed by atoms with Gasteiger partial charge in [0.2, 0.25) is 5.91 Å². The van der Waals surface area contributed by atoms with Gasteiger partial charge in [-0.15, -0.1) is 0 Å². The van der Waals surface area contributed by atoms with Crippen molar-refractivity contribution in [3.63, 3.8) is 0 Å². The normalized spacial score (nSPS) is 30.6. The highest BCUT2D eigenvalue weighted by Gasteiger charge is 2.25. The van der Waals surface area contributed by atoms with Gasteiger partial charge in [0, 0.05) is 12.6 Å². The summed E-state index contributed by atoms with van der Waals surface area (Å²) in [5.74, 6) is 0.545. The van der Waals surface area contributed by atoms with Crippen molar-refractivity contribution in [2.75, 3.05) is 6.54 Å². The Hall–Kier alpha value is -0.570. The number of amides is 1. The highest BCUT2D eigenvalue weighted by atomic mass is 16.1. The Morgan fingerprint density at radius 3 is 2.50 bits per heavy atom. The van der Waals surface area contributed by atoms with Crippen molar-refractivity contribution in [3.05, 3.63) is 0 Å². The molecule has 0 radical (unpaired) electrons. The van der Waals surface area contributed by atoms with Crippen molar-refractivity contribution in [2.24, 2.45) is 17.6 Å². The molecule has 12 heavy (non-hydrogen) atoms. The molecule has 1 fully saturated rings. The second kappa shape index (κ2) is 3.90. The van der Waals surface area contributed by atoms with Crippen molar-refractivity contribution in [3.8, 4) is 0 Å². The van der Waals surface area contributed by atoms with Crippen LogP contribution in [0.4, 0.5) is 0 Å². The summed E-state index contributed by atoms with van der Waals surface area (Å²) in [6, 6.07) is 0.570. The van der Waals surface area contributed by atoms with E-state index in [0.717, 1.165) is 19.4 Å². The standard InChI is InChI=1S/C9H18N2O/c1-6(2)8-4-3-7(5-11-8)9(10)12/h6-8,11H,3-5H2,1-2H3,(H2,10,12). The van der Waals surface area contributed by atoms with Crippen LogP contribution in [0.15, 0.2) is 0 Å². The van der Waals surface area contributed by atoms with Gasteiger partial charge in [0.05, 0.1) is 5.92 Å². The lowest BCUT2D eigenvalue weighted by Gasteiger charge is -2.30. The molecular formula is C9H18N2O. The van der Waals surface area contributed by atoms with Crippen LogP contribution in [0.2, 0.25) is 0 Å². The summed E-state index contributed by atoms with van der Waals surface area (Å²) >= 11 is 0. The molecule has 1 saturated heterocycles. The van der Waals surface area contributed by atoms with E-state index in [1.165, 1.54) is 0 Å². The first kappa shape index (κ1) is 9.52. The first-order chi connectivity index (χ1) is 5.61. The SMILES string of the molecule is CC(C)C1CCC(C(N)=O)CN1. The molecule has 0 spiro atoms. The molecule has 0 aromatic carbocycles. The van der Waals surface area contributed by atoms with Crippen LogP contribution in [-0.2, 0) is 4.79 Å². The molecule has 70 valence electrons. The number of carbonyl (C=O) groups excluding carboxylic acids is 1.